The molecular weight excluding hydrogens is 155 g/mol. The molecule has 8 heavy (non-hydrogen) atoms. The van der Waals surface area contributed by atoms with Crippen molar-refractivity contribution in [1.29, 1.82) is 0 Å². The van der Waals surface area contributed by atoms with Crippen molar-refractivity contribution in [1.82, 2.24) is 0 Å². The van der Waals surface area contributed by atoms with Gasteiger partial charge in [-0.1, -0.05) is 0 Å². The molecule has 0 fully saturated rings. The van der Waals surface area contributed by atoms with E-state index in [-0.39, 0.29) is 5.90 Å². The van der Waals surface area contributed by atoms with Gasteiger partial charge in [0.2, 0.25) is 5.90 Å². The third-order valence-corrected chi connectivity index (χ3v) is 6.05. The first-order chi connectivity index (χ1) is 3.66. The minimum Gasteiger partial charge on any atom is -0.0496 e. The summed E-state index contributed by atoms with van der Waals surface area (Å²) in [5, 5.41) is 0.721. The zero-order chi connectivity index (χ0) is 6.57. The van der Waals surface area contributed by atoms with E-state index in [2.05, 4.69) is 20.8 Å². The molecule has 1 atom stereocenters. The van der Waals surface area contributed by atoms with Gasteiger partial charge in [-0.25, -0.2) is 0 Å². The standard InChI is InChI=1S/C5H12PS2/c1-4-6(7)8-5(2)3/h5H,4H2,1-3H3/q+1. The molecule has 0 aromatic heterocycles. The minimum absolute atomic E-state index is 0.118. The molecule has 0 saturated carbocycles. The van der Waals surface area contributed by atoms with Crippen LogP contribution < -0.4 is 0 Å². The molecule has 0 amide bonds. The molecule has 0 radical (unpaired) electrons. The molecule has 0 heterocycles. The Labute approximate surface area is 61.6 Å². The van der Waals surface area contributed by atoms with Crippen LogP contribution in [0.1, 0.15) is 20.8 Å². The van der Waals surface area contributed by atoms with E-state index in [1.54, 1.807) is 0 Å². The van der Waals surface area contributed by atoms with Gasteiger partial charge in [0, 0.05) is 5.25 Å². The lowest BCUT2D eigenvalue weighted by Gasteiger charge is -1.89. The van der Waals surface area contributed by atoms with Crippen molar-refractivity contribution in [2.45, 2.75) is 26.0 Å². The van der Waals surface area contributed by atoms with E-state index in [0.717, 1.165) is 5.25 Å². The van der Waals surface area contributed by atoms with Crippen LogP contribution in [0, 0.1) is 0 Å². The first-order valence-electron chi connectivity index (χ1n) is 2.78. The van der Waals surface area contributed by atoms with Gasteiger partial charge in [0.25, 0.3) is 0 Å². The quantitative estimate of drug-likeness (QED) is 0.593. The summed E-state index contributed by atoms with van der Waals surface area (Å²) >= 11 is 7.08. The highest BCUT2D eigenvalue weighted by Crippen LogP contribution is 2.40. The Balaban J connectivity index is 3.25. The smallest absolute Gasteiger partial charge is 0.0496 e. The monoisotopic (exact) mass is 167 g/mol. The topological polar surface area (TPSA) is 0 Å². The summed E-state index contributed by atoms with van der Waals surface area (Å²) in [6.45, 7) is 6.55. The average molecular weight is 167 g/mol. The average Bonchev–Trinajstić information content (AvgIpc) is 1.65. The predicted octanol–water partition coefficient (Wildman–Crippen LogP) is 3.01. The van der Waals surface area contributed by atoms with E-state index in [0.29, 0.717) is 0 Å². The molecule has 0 saturated heterocycles. The summed E-state index contributed by atoms with van der Waals surface area (Å²) in [7, 11) is 0. The lowest BCUT2D eigenvalue weighted by Crippen LogP contribution is -1.80. The van der Waals surface area contributed by atoms with E-state index >= 15 is 0 Å². The molecule has 0 aliphatic heterocycles. The molecule has 3 heteroatoms. The van der Waals surface area contributed by atoms with Crippen molar-refractivity contribution < 1.29 is 0 Å². The molecule has 0 aliphatic rings. The maximum Gasteiger partial charge on any atom is 0.245 e. The molecule has 0 aromatic rings. The van der Waals surface area contributed by atoms with Gasteiger partial charge in [0.1, 0.15) is 6.16 Å². The summed E-state index contributed by atoms with van der Waals surface area (Å²) in [6, 6.07) is 0. The molecule has 0 N–H and O–H groups in total. The highest BCUT2D eigenvalue weighted by Gasteiger charge is 2.09. The maximum absolute atomic E-state index is 5.14. The molecule has 0 aliphatic carbocycles. The number of rotatable bonds is 3. The fourth-order valence-corrected chi connectivity index (χ4v) is 4.34. The molecule has 0 rings (SSSR count). The van der Waals surface area contributed by atoms with Crippen LogP contribution in [0.5, 0.6) is 0 Å². The van der Waals surface area contributed by atoms with Gasteiger partial charge in [-0.2, -0.15) is 0 Å². The summed E-state index contributed by atoms with van der Waals surface area (Å²) in [5.41, 5.74) is 0. The molecule has 0 spiro atoms. The van der Waals surface area contributed by atoms with Crippen molar-refractivity contribution in [2.24, 2.45) is 0 Å². The fraction of sp³-hybridized carbons (Fsp3) is 1.00. The van der Waals surface area contributed by atoms with Crippen molar-refractivity contribution in [2.75, 3.05) is 6.16 Å². The van der Waals surface area contributed by atoms with Crippen LogP contribution in [0.3, 0.4) is 0 Å². The Bertz CT molecular complexity index is 80.5. The lowest BCUT2D eigenvalue weighted by molar-refractivity contribution is 1.12. The second kappa shape index (κ2) is 4.72. The van der Waals surface area contributed by atoms with Crippen molar-refractivity contribution in [3.8, 4) is 0 Å². The summed E-state index contributed by atoms with van der Waals surface area (Å²) in [4.78, 5) is 0. The van der Waals surface area contributed by atoms with Gasteiger partial charge < -0.3 is 0 Å². The Kier molecular flexibility index (Phi) is 5.23. The number of hydrogen-bond acceptors (Lipinski definition) is 2. The van der Waals surface area contributed by atoms with Gasteiger partial charge >= 0.3 is 0 Å². The normalized spacial score (nSPS) is 12.2. The van der Waals surface area contributed by atoms with Crippen LogP contribution in [0.25, 0.3) is 0 Å². The van der Waals surface area contributed by atoms with Crippen LogP contribution >= 0.6 is 17.3 Å². The van der Waals surface area contributed by atoms with Gasteiger partial charge in [-0.05, 0) is 20.8 Å². The van der Waals surface area contributed by atoms with Crippen molar-refractivity contribution >= 4 is 29.1 Å². The summed E-state index contributed by atoms with van der Waals surface area (Å²) < 4.78 is 0. The molecule has 0 bridgehead atoms. The first kappa shape index (κ1) is 8.87. The second-order valence-corrected chi connectivity index (χ2v) is 8.23. The van der Waals surface area contributed by atoms with Crippen LogP contribution in [0.2, 0.25) is 0 Å². The fourth-order valence-electron chi connectivity index (χ4n) is 0.310. The van der Waals surface area contributed by atoms with Crippen LogP contribution in [0.15, 0.2) is 0 Å². The Morgan fingerprint density at radius 2 is 2.12 bits per heavy atom. The van der Waals surface area contributed by atoms with E-state index < -0.39 is 0 Å². The molecule has 0 nitrogen and oxygen atoms in total. The Morgan fingerprint density at radius 3 is 2.25 bits per heavy atom. The lowest BCUT2D eigenvalue weighted by atomic mass is 10.6. The molecule has 1 unspecified atom stereocenters. The van der Waals surface area contributed by atoms with Crippen molar-refractivity contribution in [3.63, 3.8) is 0 Å². The zero-order valence-corrected chi connectivity index (χ0v) is 8.08. The largest absolute Gasteiger partial charge is 0.245 e. The zero-order valence-electron chi connectivity index (χ0n) is 5.55. The summed E-state index contributed by atoms with van der Waals surface area (Å²) in [5.74, 6) is -0.118. The molecule has 0 aromatic carbocycles. The second-order valence-electron chi connectivity index (χ2n) is 1.80. The van der Waals surface area contributed by atoms with Gasteiger partial charge in [-0.3, -0.25) is 0 Å². The SMILES string of the molecule is CC[P+](=S)SC(C)C. The predicted molar refractivity (Wildman–Crippen MR) is 47.6 cm³/mol. The van der Waals surface area contributed by atoms with E-state index in [1.807, 2.05) is 11.4 Å². The van der Waals surface area contributed by atoms with E-state index in [4.69, 9.17) is 11.8 Å². The van der Waals surface area contributed by atoms with E-state index in [9.17, 15) is 0 Å². The first-order valence-corrected chi connectivity index (χ1v) is 6.80. The van der Waals surface area contributed by atoms with Crippen molar-refractivity contribution in [3.05, 3.63) is 0 Å². The highest BCUT2D eigenvalue weighted by atomic mass is 32.9. The van der Waals surface area contributed by atoms with Gasteiger partial charge in [-0.15, -0.1) is 0 Å². The minimum atomic E-state index is -0.118. The Morgan fingerprint density at radius 1 is 1.62 bits per heavy atom. The maximum atomic E-state index is 5.14. The molecular formula is C5H12PS2+. The third kappa shape index (κ3) is 5.02. The highest BCUT2D eigenvalue weighted by molar-refractivity contribution is 8.64. The van der Waals surface area contributed by atoms with Gasteiger partial charge in [0.15, 0.2) is 11.8 Å². The van der Waals surface area contributed by atoms with Crippen LogP contribution in [-0.2, 0) is 11.8 Å². The number of hydrogen-bond donors (Lipinski definition) is 0. The van der Waals surface area contributed by atoms with E-state index in [1.165, 1.54) is 6.16 Å². The molecule has 48 valence electrons. The summed E-state index contributed by atoms with van der Waals surface area (Å²) in [6.07, 6.45) is 1.17. The van der Waals surface area contributed by atoms with Gasteiger partial charge in [0.05, 0.1) is 11.4 Å². The third-order valence-electron chi connectivity index (χ3n) is 0.587. The van der Waals surface area contributed by atoms with Crippen LogP contribution in [-0.4, -0.2) is 11.4 Å². The van der Waals surface area contributed by atoms with Crippen LogP contribution in [0.4, 0.5) is 0 Å². The Hall–Kier alpha value is 0.870.